The second-order valence-corrected chi connectivity index (χ2v) is 8.05. The lowest BCUT2D eigenvalue weighted by molar-refractivity contribution is -0.141. The van der Waals surface area contributed by atoms with E-state index in [1.807, 2.05) is 60.7 Å². The van der Waals surface area contributed by atoms with Crippen molar-refractivity contribution in [3.63, 3.8) is 0 Å². The zero-order chi connectivity index (χ0) is 21.8. The second-order valence-electron chi connectivity index (χ2n) is 7.61. The van der Waals surface area contributed by atoms with Crippen molar-refractivity contribution in [2.24, 2.45) is 11.1 Å². The summed E-state index contributed by atoms with van der Waals surface area (Å²) >= 11 is 5.91. The summed E-state index contributed by atoms with van der Waals surface area (Å²) in [6.07, 6.45) is 2.10. The summed E-state index contributed by atoms with van der Waals surface area (Å²) in [7, 11) is 0. The van der Waals surface area contributed by atoms with Crippen LogP contribution >= 0.6 is 11.6 Å². The first-order valence-electron chi connectivity index (χ1n) is 10.1. The molecule has 31 heavy (non-hydrogen) atoms. The Balaban J connectivity index is 1.49. The van der Waals surface area contributed by atoms with E-state index in [1.165, 1.54) is 0 Å². The number of rotatable bonds is 8. The van der Waals surface area contributed by atoms with Crippen LogP contribution in [0.2, 0.25) is 5.02 Å². The number of hydrogen-bond acceptors (Lipinski definition) is 4. The van der Waals surface area contributed by atoms with Crippen LogP contribution in [0.25, 0.3) is 21.9 Å². The molecule has 1 heterocycles. The summed E-state index contributed by atoms with van der Waals surface area (Å²) in [5, 5.41) is 25.3. The van der Waals surface area contributed by atoms with Crippen molar-refractivity contribution >= 4 is 45.2 Å². The summed E-state index contributed by atoms with van der Waals surface area (Å²) in [6, 6.07) is 20.8. The van der Waals surface area contributed by atoms with E-state index in [-0.39, 0.29) is 6.42 Å². The molecule has 0 saturated heterocycles. The predicted molar refractivity (Wildman–Crippen MR) is 122 cm³/mol. The highest BCUT2D eigenvalue weighted by Gasteiger charge is 2.22. The molecule has 0 aliphatic rings. The molecule has 1 unspecified atom stereocenters. The number of nitrogens with zero attached hydrogens (tertiary/aromatic N) is 1. The van der Waals surface area contributed by atoms with Gasteiger partial charge in [0.15, 0.2) is 0 Å². The molecule has 6 heteroatoms. The van der Waals surface area contributed by atoms with E-state index < -0.39 is 11.9 Å². The topological polar surface area (TPSA) is 83.0 Å². The molecule has 4 aromatic rings. The third kappa shape index (κ3) is 4.72. The van der Waals surface area contributed by atoms with Gasteiger partial charge >= 0.3 is 5.97 Å². The maximum absolute atomic E-state index is 11.8. The first-order chi connectivity index (χ1) is 15.0. The van der Waals surface area contributed by atoms with Crippen LogP contribution in [0.1, 0.15) is 30.4 Å². The number of oxime groups is 1. The van der Waals surface area contributed by atoms with Gasteiger partial charge in [0.1, 0.15) is 11.2 Å². The number of para-hydroxylation sites is 1. The van der Waals surface area contributed by atoms with Gasteiger partial charge in [-0.25, -0.2) is 0 Å². The normalized spacial score (nSPS) is 13.0. The van der Waals surface area contributed by atoms with E-state index in [4.69, 9.17) is 16.0 Å². The van der Waals surface area contributed by atoms with E-state index >= 15 is 0 Å². The van der Waals surface area contributed by atoms with Gasteiger partial charge in [-0.05, 0) is 61.2 Å². The Labute approximate surface area is 184 Å². The minimum absolute atomic E-state index is 0.147. The largest absolute Gasteiger partial charge is 0.481 e. The van der Waals surface area contributed by atoms with Gasteiger partial charge < -0.3 is 14.7 Å². The molecule has 3 aromatic carbocycles. The van der Waals surface area contributed by atoms with Crippen LogP contribution in [0.5, 0.6) is 0 Å². The summed E-state index contributed by atoms with van der Waals surface area (Å²) in [5.41, 5.74) is 3.67. The van der Waals surface area contributed by atoms with Crippen molar-refractivity contribution in [3.05, 3.63) is 82.9 Å². The van der Waals surface area contributed by atoms with Gasteiger partial charge in [-0.2, -0.15) is 0 Å². The van der Waals surface area contributed by atoms with Gasteiger partial charge in [-0.1, -0.05) is 47.1 Å². The Morgan fingerprint density at radius 2 is 1.74 bits per heavy atom. The average Bonchev–Trinajstić information content (AvgIpc) is 3.15. The van der Waals surface area contributed by atoms with Gasteiger partial charge in [0, 0.05) is 27.8 Å². The van der Waals surface area contributed by atoms with Crippen LogP contribution < -0.4 is 0 Å². The maximum Gasteiger partial charge on any atom is 0.306 e. The molecule has 4 rings (SSSR count). The molecule has 0 spiro atoms. The lowest BCUT2D eigenvalue weighted by Gasteiger charge is -2.13. The molecule has 0 aliphatic carbocycles. The fourth-order valence-electron chi connectivity index (χ4n) is 3.87. The molecule has 0 bridgehead atoms. The van der Waals surface area contributed by atoms with Gasteiger partial charge in [0.25, 0.3) is 0 Å². The van der Waals surface area contributed by atoms with Crippen LogP contribution in [-0.4, -0.2) is 22.0 Å². The van der Waals surface area contributed by atoms with Gasteiger partial charge in [-0.15, -0.1) is 0 Å². The Morgan fingerprint density at radius 3 is 2.48 bits per heavy atom. The summed E-state index contributed by atoms with van der Waals surface area (Å²) in [4.78, 5) is 11.8. The molecule has 0 aliphatic heterocycles. The van der Waals surface area contributed by atoms with E-state index in [1.54, 1.807) is 6.07 Å². The number of furan rings is 1. The molecule has 2 N–H and O–H groups in total. The quantitative estimate of drug-likeness (QED) is 0.187. The average molecular weight is 436 g/mol. The number of fused-ring (bicyclic) bond motifs is 3. The fraction of sp³-hybridized carbons (Fsp3) is 0.200. The molecular weight excluding hydrogens is 414 g/mol. The Bertz CT molecular complexity index is 1240. The number of benzene rings is 3. The van der Waals surface area contributed by atoms with Crippen LogP contribution in [-0.2, 0) is 11.2 Å². The summed E-state index contributed by atoms with van der Waals surface area (Å²) in [6.45, 7) is 0. The van der Waals surface area contributed by atoms with E-state index in [2.05, 4.69) is 5.16 Å². The summed E-state index contributed by atoms with van der Waals surface area (Å²) < 4.78 is 5.84. The van der Waals surface area contributed by atoms with Crippen LogP contribution in [0.4, 0.5) is 0 Å². The number of aryl methyl sites for hydroxylation is 1. The SMILES string of the molecule is O=C(O)C(CCCc1ccc(Cl)cc1)CC(=NO)c1ccc2oc3ccccc3c2c1. The molecule has 1 atom stereocenters. The molecule has 5 nitrogen and oxygen atoms in total. The highest BCUT2D eigenvalue weighted by Crippen LogP contribution is 2.30. The number of carboxylic acid groups (broad SMARTS) is 1. The highest BCUT2D eigenvalue weighted by atomic mass is 35.5. The van der Waals surface area contributed by atoms with E-state index in [0.717, 1.165) is 33.9 Å². The zero-order valence-corrected chi connectivity index (χ0v) is 17.5. The number of carboxylic acids is 1. The van der Waals surface area contributed by atoms with E-state index in [9.17, 15) is 15.1 Å². The standard InChI is InChI=1S/C25H22ClNO4/c26-19-11-8-16(9-12-19)4-3-5-18(25(28)29)15-22(27-30)17-10-13-24-21(14-17)20-6-1-2-7-23(20)31-24/h1-2,6-14,18,30H,3-5,15H2,(H,28,29). The van der Waals surface area contributed by atoms with Gasteiger partial charge in [-0.3, -0.25) is 4.79 Å². The molecule has 0 amide bonds. The smallest absolute Gasteiger partial charge is 0.306 e. The van der Waals surface area contributed by atoms with Gasteiger partial charge in [0.05, 0.1) is 11.6 Å². The van der Waals surface area contributed by atoms with Crippen molar-refractivity contribution in [1.29, 1.82) is 0 Å². The predicted octanol–water partition coefficient (Wildman–Crippen LogP) is 6.53. The third-order valence-corrected chi connectivity index (χ3v) is 5.80. The number of hydrogen-bond donors (Lipinski definition) is 2. The monoisotopic (exact) mass is 435 g/mol. The molecule has 0 saturated carbocycles. The molecular formula is C25H22ClNO4. The van der Waals surface area contributed by atoms with E-state index in [0.29, 0.717) is 29.1 Å². The van der Waals surface area contributed by atoms with Crippen molar-refractivity contribution in [1.82, 2.24) is 0 Å². The highest BCUT2D eigenvalue weighted by molar-refractivity contribution is 6.30. The number of halogens is 1. The van der Waals surface area contributed by atoms with Crippen LogP contribution in [0, 0.1) is 5.92 Å². The fourth-order valence-corrected chi connectivity index (χ4v) is 4.00. The lowest BCUT2D eigenvalue weighted by Crippen LogP contribution is -2.19. The third-order valence-electron chi connectivity index (χ3n) is 5.55. The van der Waals surface area contributed by atoms with Crippen molar-refractivity contribution in [2.45, 2.75) is 25.7 Å². The Hall–Kier alpha value is -3.31. The lowest BCUT2D eigenvalue weighted by atomic mass is 9.92. The van der Waals surface area contributed by atoms with Gasteiger partial charge in [0.2, 0.25) is 0 Å². The van der Waals surface area contributed by atoms with Crippen LogP contribution in [0.15, 0.2) is 76.3 Å². The second kappa shape index (κ2) is 9.23. The number of carbonyl (C=O) groups is 1. The maximum atomic E-state index is 11.8. The molecule has 0 fully saturated rings. The minimum Gasteiger partial charge on any atom is -0.481 e. The van der Waals surface area contributed by atoms with Crippen molar-refractivity contribution < 1.29 is 19.5 Å². The van der Waals surface area contributed by atoms with Crippen molar-refractivity contribution in [2.75, 3.05) is 0 Å². The Morgan fingerprint density at radius 1 is 1.00 bits per heavy atom. The molecule has 158 valence electrons. The zero-order valence-electron chi connectivity index (χ0n) is 16.8. The minimum atomic E-state index is -0.896. The molecule has 0 radical (unpaired) electrons. The Kier molecular flexibility index (Phi) is 6.23. The summed E-state index contributed by atoms with van der Waals surface area (Å²) in [5.74, 6) is -1.54. The first-order valence-corrected chi connectivity index (χ1v) is 10.5. The van der Waals surface area contributed by atoms with Crippen LogP contribution in [0.3, 0.4) is 0 Å². The van der Waals surface area contributed by atoms with Crippen molar-refractivity contribution in [3.8, 4) is 0 Å². The first kappa shape index (κ1) is 20.9. The number of aliphatic carboxylic acids is 1. The molecule has 1 aromatic heterocycles.